The standard InChI is InChI=1S/C19H24N2O3/c1-14-7-9-17(10-8-14)21-19(23)13-24-18-6-4-3-5-16(18)12-20-11-15(2)22/h3-10,15,20,22H,11-13H2,1-2H3,(H,21,23). The number of nitrogens with one attached hydrogen (secondary N) is 2. The molecule has 0 radical (unpaired) electrons. The predicted molar refractivity (Wildman–Crippen MR) is 95.1 cm³/mol. The minimum Gasteiger partial charge on any atom is -0.483 e. The van der Waals surface area contributed by atoms with Gasteiger partial charge in [-0.15, -0.1) is 0 Å². The first-order chi connectivity index (χ1) is 11.5. The fraction of sp³-hybridized carbons (Fsp3) is 0.316. The van der Waals surface area contributed by atoms with Gasteiger partial charge in [0.15, 0.2) is 6.61 Å². The van der Waals surface area contributed by atoms with Gasteiger partial charge in [-0.05, 0) is 32.0 Å². The second-order valence-electron chi connectivity index (χ2n) is 5.79. The maximum atomic E-state index is 12.0. The summed E-state index contributed by atoms with van der Waals surface area (Å²) >= 11 is 0. The Labute approximate surface area is 142 Å². The third-order valence-electron chi connectivity index (χ3n) is 3.42. The first-order valence-corrected chi connectivity index (χ1v) is 8.00. The molecule has 3 N–H and O–H groups in total. The molecule has 2 rings (SSSR count). The number of ether oxygens (including phenoxy) is 1. The normalized spacial score (nSPS) is 11.8. The highest BCUT2D eigenvalue weighted by Gasteiger charge is 2.07. The average Bonchev–Trinajstić information content (AvgIpc) is 2.56. The zero-order chi connectivity index (χ0) is 17.4. The molecule has 0 spiro atoms. The molecule has 0 aliphatic carbocycles. The van der Waals surface area contributed by atoms with Crippen molar-refractivity contribution >= 4 is 11.6 Å². The number of carbonyl (C=O) groups is 1. The molecule has 5 heteroatoms. The molecule has 0 saturated carbocycles. The summed E-state index contributed by atoms with van der Waals surface area (Å²) in [5.41, 5.74) is 2.84. The summed E-state index contributed by atoms with van der Waals surface area (Å²) < 4.78 is 5.64. The lowest BCUT2D eigenvalue weighted by Crippen LogP contribution is -2.24. The van der Waals surface area contributed by atoms with Gasteiger partial charge in [-0.25, -0.2) is 0 Å². The van der Waals surface area contributed by atoms with Gasteiger partial charge in [0.2, 0.25) is 0 Å². The van der Waals surface area contributed by atoms with Crippen molar-refractivity contribution in [3.05, 3.63) is 59.7 Å². The summed E-state index contributed by atoms with van der Waals surface area (Å²) in [4.78, 5) is 12.0. The molecule has 1 amide bonds. The van der Waals surface area contributed by atoms with Gasteiger partial charge in [0.05, 0.1) is 6.10 Å². The average molecular weight is 328 g/mol. The number of benzene rings is 2. The van der Waals surface area contributed by atoms with Crippen molar-refractivity contribution in [3.63, 3.8) is 0 Å². The fourth-order valence-electron chi connectivity index (χ4n) is 2.18. The highest BCUT2D eigenvalue weighted by Crippen LogP contribution is 2.18. The number of carbonyl (C=O) groups excluding carboxylic acids is 1. The molecule has 0 aliphatic heterocycles. The minimum atomic E-state index is -0.404. The van der Waals surface area contributed by atoms with Crippen molar-refractivity contribution in [1.82, 2.24) is 5.32 Å². The van der Waals surface area contributed by atoms with E-state index in [1.807, 2.05) is 55.5 Å². The zero-order valence-corrected chi connectivity index (χ0v) is 14.1. The zero-order valence-electron chi connectivity index (χ0n) is 14.1. The van der Waals surface area contributed by atoms with Gasteiger partial charge in [0.1, 0.15) is 5.75 Å². The molecular formula is C19H24N2O3. The predicted octanol–water partition coefficient (Wildman–Crippen LogP) is 2.48. The van der Waals surface area contributed by atoms with Gasteiger partial charge in [-0.2, -0.15) is 0 Å². The maximum absolute atomic E-state index is 12.0. The highest BCUT2D eigenvalue weighted by atomic mass is 16.5. The van der Waals surface area contributed by atoms with E-state index >= 15 is 0 Å². The molecule has 128 valence electrons. The number of hydrogen-bond acceptors (Lipinski definition) is 4. The van der Waals surface area contributed by atoms with Crippen LogP contribution in [-0.4, -0.2) is 30.3 Å². The van der Waals surface area contributed by atoms with Crippen LogP contribution in [0.1, 0.15) is 18.1 Å². The molecule has 0 fully saturated rings. The second-order valence-corrected chi connectivity index (χ2v) is 5.79. The van der Waals surface area contributed by atoms with Crippen molar-refractivity contribution in [2.45, 2.75) is 26.5 Å². The second kappa shape index (κ2) is 9.05. The lowest BCUT2D eigenvalue weighted by atomic mass is 10.2. The largest absolute Gasteiger partial charge is 0.483 e. The number of para-hydroxylation sites is 1. The Bertz CT molecular complexity index is 654. The number of hydrogen-bond donors (Lipinski definition) is 3. The molecule has 0 heterocycles. The Hall–Kier alpha value is -2.37. The van der Waals surface area contributed by atoms with Crippen LogP contribution < -0.4 is 15.4 Å². The van der Waals surface area contributed by atoms with E-state index in [1.165, 1.54) is 0 Å². The van der Waals surface area contributed by atoms with Gasteiger partial charge in [-0.1, -0.05) is 35.9 Å². The Morgan fingerprint density at radius 2 is 1.88 bits per heavy atom. The quantitative estimate of drug-likeness (QED) is 0.696. The van der Waals surface area contributed by atoms with Crippen LogP contribution in [0, 0.1) is 6.92 Å². The lowest BCUT2D eigenvalue weighted by molar-refractivity contribution is -0.118. The Balaban J connectivity index is 1.86. The molecule has 2 aromatic rings. The third kappa shape index (κ3) is 6.02. The molecule has 5 nitrogen and oxygen atoms in total. The molecule has 0 saturated heterocycles. The van der Waals surface area contributed by atoms with Gasteiger partial charge in [-0.3, -0.25) is 4.79 Å². The van der Waals surface area contributed by atoms with Crippen molar-refractivity contribution in [2.75, 3.05) is 18.5 Å². The van der Waals surface area contributed by atoms with E-state index < -0.39 is 6.10 Å². The third-order valence-corrected chi connectivity index (χ3v) is 3.42. The maximum Gasteiger partial charge on any atom is 0.262 e. The van der Waals surface area contributed by atoms with Crippen LogP contribution in [0.15, 0.2) is 48.5 Å². The number of aryl methyl sites for hydroxylation is 1. The number of anilines is 1. The summed E-state index contributed by atoms with van der Waals surface area (Å²) in [7, 11) is 0. The van der Waals surface area contributed by atoms with Crippen molar-refractivity contribution in [3.8, 4) is 5.75 Å². The summed E-state index contributed by atoms with van der Waals surface area (Å²) in [5.74, 6) is 0.459. The molecule has 0 bridgehead atoms. The monoisotopic (exact) mass is 328 g/mol. The summed E-state index contributed by atoms with van der Waals surface area (Å²) in [6.45, 7) is 4.74. The molecule has 24 heavy (non-hydrogen) atoms. The van der Waals surface area contributed by atoms with E-state index in [1.54, 1.807) is 6.92 Å². The van der Waals surface area contributed by atoms with Crippen LogP contribution in [0.25, 0.3) is 0 Å². The smallest absolute Gasteiger partial charge is 0.262 e. The molecule has 1 atom stereocenters. The molecule has 1 unspecified atom stereocenters. The number of amides is 1. The molecule has 0 aliphatic rings. The van der Waals surface area contributed by atoms with Crippen LogP contribution in [0.3, 0.4) is 0 Å². The summed E-state index contributed by atoms with van der Waals surface area (Å²) in [5, 5.41) is 15.2. The van der Waals surface area contributed by atoms with E-state index in [0.29, 0.717) is 18.8 Å². The lowest BCUT2D eigenvalue weighted by Gasteiger charge is -2.13. The Morgan fingerprint density at radius 1 is 1.17 bits per heavy atom. The SMILES string of the molecule is Cc1ccc(NC(=O)COc2ccccc2CNCC(C)O)cc1. The first kappa shape index (κ1) is 18.0. The highest BCUT2D eigenvalue weighted by molar-refractivity contribution is 5.91. The van der Waals surface area contributed by atoms with E-state index in [9.17, 15) is 9.90 Å². The van der Waals surface area contributed by atoms with Gasteiger partial charge < -0.3 is 20.5 Å². The summed E-state index contributed by atoms with van der Waals surface area (Å²) in [6.07, 6.45) is -0.404. The minimum absolute atomic E-state index is 0.0543. The van der Waals surface area contributed by atoms with E-state index in [2.05, 4.69) is 10.6 Å². The Kier molecular flexibility index (Phi) is 6.78. The van der Waals surface area contributed by atoms with Crippen LogP contribution in [0.2, 0.25) is 0 Å². The van der Waals surface area contributed by atoms with Crippen LogP contribution in [0.5, 0.6) is 5.75 Å². The molecule has 0 aromatic heterocycles. The Morgan fingerprint density at radius 3 is 2.58 bits per heavy atom. The molecule has 2 aromatic carbocycles. The first-order valence-electron chi connectivity index (χ1n) is 8.00. The van der Waals surface area contributed by atoms with E-state index in [-0.39, 0.29) is 12.5 Å². The van der Waals surface area contributed by atoms with Gasteiger partial charge in [0, 0.05) is 24.3 Å². The number of aliphatic hydroxyl groups is 1. The van der Waals surface area contributed by atoms with Crippen molar-refractivity contribution < 1.29 is 14.6 Å². The summed E-state index contributed by atoms with van der Waals surface area (Å²) in [6, 6.07) is 15.2. The van der Waals surface area contributed by atoms with Crippen LogP contribution in [0.4, 0.5) is 5.69 Å². The van der Waals surface area contributed by atoms with Crippen molar-refractivity contribution in [1.29, 1.82) is 0 Å². The van der Waals surface area contributed by atoms with Crippen molar-refractivity contribution in [2.24, 2.45) is 0 Å². The number of aliphatic hydroxyl groups excluding tert-OH is 1. The van der Waals surface area contributed by atoms with Gasteiger partial charge >= 0.3 is 0 Å². The fourth-order valence-corrected chi connectivity index (χ4v) is 2.18. The van der Waals surface area contributed by atoms with E-state index in [4.69, 9.17) is 4.74 Å². The van der Waals surface area contributed by atoms with Crippen LogP contribution >= 0.6 is 0 Å². The molecular weight excluding hydrogens is 304 g/mol. The van der Waals surface area contributed by atoms with E-state index in [0.717, 1.165) is 16.8 Å². The van der Waals surface area contributed by atoms with Gasteiger partial charge in [0.25, 0.3) is 5.91 Å². The van der Waals surface area contributed by atoms with Crippen LogP contribution in [-0.2, 0) is 11.3 Å². The number of rotatable bonds is 8. The topological polar surface area (TPSA) is 70.6 Å².